The van der Waals surface area contributed by atoms with E-state index in [2.05, 4.69) is 6.92 Å². The van der Waals surface area contributed by atoms with Crippen molar-refractivity contribution in [1.82, 2.24) is 14.5 Å². The van der Waals surface area contributed by atoms with Gasteiger partial charge >= 0.3 is 0 Å². The first kappa shape index (κ1) is 18.6. The summed E-state index contributed by atoms with van der Waals surface area (Å²) >= 11 is 3.01. The maximum absolute atomic E-state index is 13.1. The Hall–Kier alpha value is -1.73. The Morgan fingerprint density at radius 2 is 2.00 bits per heavy atom. The van der Waals surface area contributed by atoms with E-state index in [1.165, 1.54) is 11.8 Å². The molecule has 7 heteroatoms. The lowest BCUT2D eigenvalue weighted by Crippen LogP contribution is -2.30. The van der Waals surface area contributed by atoms with Gasteiger partial charge in [-0.1, -0.05) is 49.0 Å². The molecule has 1 aromatic carbocycles. The van der Waals surface area contributed by atoms with Gasteiger partial charge in [0.1, 0.15) is 0 Å². The van der Waals surface area contributed by atoms with E-state index in [0.717, 1.165) is 48.5 Å². The van der Waals surface area contributed by atoms with E-state index in [-0.39, 0.29) is 11.5 Å². The van der Waals surface area contributed by atoms with E-state index >= 15 is 0 Å². The second-order valence-electron chi connectivity index (χ2n) is 7.06. The fraction of sp³-hybridized carbons (Fsp3) is 0.450. The number of carbonyl (C=O) groups is 1. The largest absolute Gasteiger partial charge is 0.342 e. The minimum atomic E-state index is 0.0225. The summed E-state index contributed by atoms with van der Waals surface area (Å²) in [4.78, 5) is 33.1. The van der Waals surface area contributed by atoms with Crippen molar-refractivity contribution in [3.8, 4) is 0 Å². The summed E-state index contributed by atoms with van der Waals surface area (Å²) in [7, 11) is 0. The SMILES string of the molecule is C[C@H]1Cc2nc(SCC(=O)N3CCCC3)n(Cc3ccccc3)c(=O)c2S1. The van der Waals surface area contributed by atoms with E-state index in [9.17, 15) is 9.59 Å². The second kappa shape index (κ2) is 8.10. The van der Waals surface area contributed by atoms with Gasteiger partial charge in [-0.2, -0.15) is 0 Å². The summed E-state index contributed by atoms with van der Waals surface area (Å²) in [6, 6.07) is 9.94. The van der Waals surface area contributed by atoms with Crippen molar-refractivity contribution in [2.24, 2.45) is 0 Å². The molecule has 0 N–H and O–H groups in total. The fourth-order valence-corrected chi connectivity index (χ4v) is 5.56. The van der Waals surface area contributed by atoms with Crippen LogP contribution in [0.5, 0.6) is 0 Å². The number of nitrogens with zero attached hydrogens (tertiary/aromatic N) is 3. The minimum absolute atomic E-state index is 0.0225. The molecule has 0 unspecified atom stereocenters. The van der Waals surface area contributed by atoms with Gasteiger partial charge in [-0.3, -0.25) is 14.2 Å². The van der Waals surface area contributed by atoms with Crippen LogP contribution in [0.4, 0.5) is 0 Å². The summed E-state index contributed by atoms with van der Waals surface area (Å²) < 4.78 is 1.74. The molecule has 2 aliphatic rings. The van der Waals surface area contributed by atoms with Gasteiger partial charge in [0.15, 0.2) is 5.16 Å². The van der Waals surface area contributed by atoms with Crippen LogP contribution in [-0.4, -0.2) is 44.5 Å². The topological polar surface area (TPSA) is 55.2 Å². The van der Waals surface area contributed by atoms with Gasteiger partial charge in [0.25, 0.3) is 5.56 Å². The van der Waals surface area contributed by atoms with Crippen LogP contribution in [0.15, 0.2) is 45.2 Å². The number of aromatic nitrogens is 2. The molecule has 1 atom stereocenters. The Morgan fingerprint density at radius 1 is 1.26 bits per heavy atom. The monoisotopic (exact) mass is 401 g/mol. The van der Waals surface area contributed by atoms with E-state index in [1.807, 2.05) is 35.2 Å². The van der Waals surface area contributed by atoms with E-state index in [1.54, 1.807) is 16.3 Å². The zero-order valence-electron chi connectivity index (χ0n) is 15.4. The van der Waals surface area contributed by atoms with E-state index in [0.29, 0.717) is 22.7 Å². The smallest absolute Gasteiger partial charge is 0.268 e. The summed E-state index contributed by atoms with van der Waals surface area (Å²) in [5.41, 5.74) is 1.97. The maximum Gasteiger partial charge on any atom is 0.268 e. The van der Waals surface area contributed by atoms with Gasteiger partial charge in [-0.15, -0.1) is 11.8 Å². The van der Waals surface area contributed by atoms with E-state index in [4.69, 9.17) is 4.98 Å². The molecule has 5 nitrogen and oxygen atoms in total. The highest BCUT2D eigenvalue weighted by Crippen LogP contribution is 2.34. The first-order chi connectivity index (χ1) is 13.1. The molecule has 1 amide bonds. The third-order valence-corrected chi connectivity index (χ3v) is 7.11. The summed E-state index contributed by atoms with van der Waals surface area (Å²) in [6.07, 6.45) is 2.98. The highest BCUT2D eigenvalue weighted by atomic mass is 32.2. The molecular formula is C20H23N3O2S2. The first-order valence-corrected chi connectivity index (χ1v) is 11.2. The number of amides is 1. The number of carbonyl (C=O) groups excluding carboxylic acids is 1. The Labute approximate surface area is 167 Å². The average Bonchev–Trinajstić information content (AvgIpc) is 3.33. The van der Waals surface area contributed by atoms with Gasteiger partial charge in [0, 0.05) is 24.8 Å². The zero-order valence-corrected chi connectivity index (χ0v) is 17.0. The number of benzene rings is 1. The van der Waals surface area contributed by atoms with Crippen molar-refractivity contribution < 1.29 is 4.79 Å². The van der Waals surface area contributed by atoms with Crippen molar-refractivity contribution >= 4 is 29.4 Å². The van der Waals surface area contributed by atoms with Crippen LogP contribution in [0, 0.1) is 0 Å². The van der Waals surface area contributed by atoms with Crippen LogP contribution < -0.4 is 5.56 Å². The molecule has 0 saturated carbocycles. The Balaban J connectivity index is 1.62. The quantitative estimate of drug-likeness (QED) is 0.569. The molecule has 1 aromatic heterocycles. The molecule has 0 radical (unpaired) electrons. The van der Waals surface area contributed by atoms with Crippen molar-refractivity contribution in [2.75, 3.05) is 18.8 Å². The molecule has 0 spiro atoms. The molecule has 27 heavy (non-hydrogen) atoms. The van der Waals surface area contributed by atoms with Crippen molar-refractivity contribution in [3.05, 3.63) is 51.9 Å². The van der Waals surface area contributed by atoms with Gasteiger partial charge < -0.3 is 4.90 Å². The summed E-state index contributed by atoms with van der Waals surface area (Å²) in [5, 5.41) is 1.03. The molecular weight excluding hydrogens is 378 g/mol. The fourth-order valence-electron chi connectivity index (χ4n) is 3.53. The van der Waals surface area contributed by atoms with Gasteiger partial charge in [0.05, 0.1) is 22.9 Å². The van der Waals surface area contributed by atoms with E-state index < -0.39 is 0 Å². The van der Waals surface area contributed by atoms with Crippen LogP contribution in [0.3, 0.4) is 0 Å². The predicted molar refractivity (Wildman–Crippen MR) is 110 cm³/mol. The number of rotatable bonds is 5. The van der Waals surface area contributed by atoms with Crippen molar-refractivity contribution in [2.45, 2.75) is 48.0 Å². The minimum Gasteiger partial charge on any atom is -0.342 e. The Morgan fingerprint density at radius 3 is 2.74 bits per heavy atom. The molecule has 2 aromatic rings. The van der Waals surface area contributed by atoms with Crippen molar-refractivity contribution in [3.63, 3.8) is 0 Å². The molecule has 3 heterocycles. The number of likely N-dealkylation sites (tertiary alicyclic amines) is 1. The molecule has 142 valence electrons. The van der Waals surface area contributed by atoms with Crippen LogP contribution in [0.1, 0.15) is 31.0 Å². The standard InChI is InChI=1S/C20H23N3O2S2/c1-14-11-16-18(27-14)19(25)23(12-15-7-3-2-4-8-15)20(21-16)26-13-17(24)22-9-5-6-10-22/h2-4,7-8,14H,5-6,9-13H2,1H3/t14-/m0/s1. The number of thioether (sulfide) groups is 2. The maximum atomic E-state index is 13.1. The van der Waals surface area contributed by atoms with Crippen LogP contribution in [0.25, 0.3) is 0 Å². The molecule has 0 bridgehead atoms. The zero-order chi connectivity index (χ0) is 18.8. The summed E-state index contributed by atoms with van der Waals surface area (Å²) in [5.74, 6) is 0.476. The van der Waals surface area contributed by atoms with Crippen LogP contribution in [-0.2, 0) is 17.8 Å². The Kier molecular flexibility index (Phi) is 5.59. The van der Waals surface area contributed by atoms with Gasteiger partial charge in [-0.05, 0) is 18.4 Å². The first-order valence-electron chi connectivity index (χ1n) is 9.36. The summed E-state index contributed by atoms with van der Waals surface area (Å²) in [6.45, 7) is 4.30. The van der Waals surface area contributed by atoms with Crippen LogP contribution in [0.2, 0.25) is 0 Å². The lowest BCUT2D eigenvalue weighted by atomic mass is 10.2. The second-order valence-corrected chi connectivity index (χ2v) is 9.45. The highest BCUT2D eigenvalue weighted by Gasteiger charge is 2.27. The molecule has 1 saturated heterocycles. The van der Waals surface area contributed by atoms with Gasteiger partial charge in [0.2, 0.25) is 5.91 Å². The normalized spacial score (nSPS) is 18.7. The highest BCUT2D eigenvalue weighted by molar-refractivity contribution is 8.00. The molecule has 1 fully saturated rings. The molecule has 0 aliphatic carbocycles. The average molecular weight is 402 g/mol. The number of hydrogen-bond acceptors (Lipinski definition) is 5. The third-order valence-electron chi connectivity index (χ3n) is 4.93. The third kappa shape index (κ3) is 4.09. The Bertz CT molecular complexity index is 892. The van der Waals surface area contributed by atoms with Crippen LogP contribution >= 0.6 is 23.5 Å². The lowest BCUT2D eigenvalue weighted by Gasteiger charge is -2.16. The van der Waals surface area contributed by atoms with Crippen molar-refractivity contribution in [1.29, 1.82) is 0 Å². The lowest BCUT2D eigenvalue weighted by molar-refractivity contribution is -0.127. The number of fused-ring (bicyclic) bond motifs is 1. The molecule has 4 rings (SSSR count). The number of hydrogen-bond donors (Lipinski definition) is 0. The predicted octanol–water partition coefficient (Wildman–Crippen LogP) is 3.04. The van der Waals surface area contributed by atoms with Gasteiger partial charge in [-0.25, -0.2) is 4.98 Å². The molecule has 2 aliphatic heterocycles.